The molecule has 0 aliphatic rings. The molecule has 1 N–H and O–H groups in total. The quantitative estimate of drug-likeness (QED) is 0.821. The molecule has 0 radical (unpaired) electrons. The number of rotatable bonds is 3. The highest BCUT2D eigenvalue weighted by Gasteiger charge is 2.19. The summed E-state index contributed by atoms with van der Waals surface area (Å²) < 4.78 is 0.614. The number of nitrogens with zero attached hydrogens (tertiary/aromatic N) is 3. The van der Waals surface area contributed by atoms with Crippen LogP contribution in [-0.2, 0) is 0 Å². The van der Waals surface area contributed by atoms with Crippen molar-refractivity contribution in [3.8, 4) is 0 Å². The van der Waals surface area contributed by atoms with E-state index in [1.165, 1.54) is 16.2 Å². The molecule has 20 heavy (non-hydrogen) atoms. The number of benzene rings is 1. The Balaban J connectivity index is 2.17. The lowest BCUT2D eigenvalue weighted by molar-refractivity contribution is 0.257. The van der Waals surface area contributed by atoms with Crippen LogP contribution >= 0.6 is 50.5 Å². The van der Waals surface area contributed by atoms with Crippen molar-refractivity contribution < 1.29 is 4.79 Å². The topological polar surface area (TPSA) is 58.1 Å². The zero-order valence-corrected chi connectivity index (χ0v) is 14.1. The van der Waals surface area contributed by atoms with Crippen molar-refractivity contribution in [2.75, 3.05) is 16.8 Å². The summed E-state index contributed by atoms with van der Waals surface area (Å²) in [7, 11) is 0. The first-order valence-electron chi connectivity index (χ1n) is 5.54. The van der Waals surface area contributed by atoms with E-state index in [-0.39, 0.29) is 6.03 Å². The molecule has 2 rings (SSSR count). The molecular formula is C11H9BrCl2N4OS. The lowest BCUT2D eigenvalue weighted by Crippen LogP contribution is -2.34. The molecule has 0 saturated carbocycles. The second-order valence-corrected chi connectivity index (χ2v) is 6.71. The van der Waals surface area contributed by atoms with Crippen LogP contribution in [0.15, 0.2) is 22.1 Å². The van der Waals surface area contributed by atoms with E-state index in [4.69, 9.17) is 23.2 Å². The third kappa shape index (κ3) is 3.60. The van der Waals surface area contributed by atoms with Gasteiger partial charge in [0.25, 0.3) is 0 Å². The molecule has 106 valence electrons. The van der Waals surface area contributed by atoms with Gasteiger partial charge in [-0.15, -0.1) is 10.2 Å². The number of nitrogens with one attached hydrogen (secondary N) is 1. The zero-order valence-electron chi connectivity index (χ0n) is 10.2. The van der Waals surface area contributed by atoms with Gasteiger partial charge >= 0.3 is 6.03 Å². The Bertz CT molecular complexity index is 637. The van der Waals surface area contributed by atoms with Crippen molar-refractivity contribution in [1.29, 1.82) is 0 Å². The Morgan fingerprint density at radius 2 is 2.20 bits per heavy atom. The number of aromatic nitrogens is 2. The molecule has 5 nitrogen and oxygen atoms in total. The summed E-state index contributed by atoms with van der Waals surface area (Å²) in [5, 5.41) is 11.8. The highest BCUT2D eigenvalue weighted by molar-refractivity contribution is 9.11. The van der Waals surface area contributed by atoms with Crippen LogP contribution in [0.25, 0.3) is 0 Å². The Hall–Kier alpha value is -0.890. The first kappa shape index (κ1) is 15.5. The van der Waals surface area contributed by atoms with E-state index in [1.54, 1.807) is 18.2 Å². The Morgan fingerprint density at radius 3 is 2.75 bits per heavy atom. The minimum atomic E-state index is -0.333. The molecule has 0 bridgehead atoms. The highest BCUT2D eigenvalue weighted by atomic mass is 79.9. The summed E-state index contributed by atoms with van der Waals surface area (Å²) in [6.07, 6.45) is 0. The predicted octanol–water partition coefficient (Wildman–Crippen LogP) is 4.67. The van der Waals surface area contributed by atoms with E-state index in [0.717, 1.165) is 0 Å². The average molecular weight is 396 g/mol. The van der Waals surface area contributed by atoms with Crippen LogP contribution in [-0.4, -0.2) is 22.8 Å². The van der Waals surface area contributed by atoms with Crippen molar-refractivity contribution >= 4 is 67.3 Å². The van der Waals surface area contributed by atoms with Crippen LogP contribution in [0.2, 0.25) is 10.0 Å². The number of carbonyl (C=O) groups excluding carboxylic acids is 1. The molecule has 2 aromatic rings. The van der Waals surface area contributed by atoms with Gasteiger partial charge in [0.05, 0.1) is 10.7 Å². The van der Waals surface area contributed by atoms with Crippen LogP contribution < -0.4 is 10.2 Å². The van der Waals surface area contributed by atoms with Gasteiger partial charge < -0.3 is 5.32 Å². The molecule has 1 aromatic heterocycles. The maximum absolute atomic E-state index is 12.2. The van der Waals surface area contributed by atoms with E-state index >= 15 is 0 Å². The van der Waals surface area contributed by atoms with E-state index in [9.17, 15) is 4.79 Å². The number of amides is 2. The van der Waals surface area contributed by atoms with Crippen molar-refractivity contribution in [3.05, 3.63) is 32.2 Å². The Kier molecular flexibility index (Phi) is 5.20. The minimum absolute atomic E-state index is 0.333. The SMILES string of the molecule is CCN(C(=O)Nc1ccc(Cl)cc1Cl)c1nnc(Br)s1. The molecular weight excluding hydrogens is 387 g/mol. The fourth-order valence-corrected chi connectivity index (χ4v) is 3.05. The largest absolute Gasteiger partial charge is 0.328 e. The number of anilines is 2. The molecule has 0 atom stereocenters. The number of carbonyl (C=O) groups is 1. The minimum Gasteiger partial charge on any atom is -0.306 e. The van der Waals surface area contributed by atoms with Gasteiger partial charge in [0.15, 0.2) is 3.92 Å². The Labute approximate surface area is 138 Å². The zero-order chi connectivity index (χ0) is 14.7. The summed E-state index contributed by atoms with van der Waals surface area (Å²) >= 11 is 16.3. The van der Waals surface area contributed by atoms with Crippen molar-refractivity contribution in [2.24, 2.45) is 0 Å². The summed E-state index contributed by atoms with van der Waals surface area (Å²) in [6, 6.07) is 4.53. The fourth-order valence-electron chi connectivity index (χ4n) is 1.45. The summed E-state index contributed by atoms with van der Waals surface area (Å²) in [6.45, 7) is 2.30. The van der Waals surface area contributed by atoms with Gasteiger partial charge in [0.2, 0.25) is 5.13 Å². The standard InChI is InChI=1S/C11H9BrCl2N4OS/c1-2-18(11-17-16-9(12)20-11)10(19)15-8-4-3-6(13)5-7(8)14/h3-5H,2H2,1H3,(H,15,19). The third-order valence-corrected chi connectivity index (χ3v) is 4.28. The van der Waals surface area contributed by atoms with Crippen molar-refractivity contribution in [2.45, 2.75) is 6.92 Å². The second kappa shape index (κ2) is 6.71. The maximum Gasteiger partial charge on any atom is 0.328 e. The summed E-state index contributed by atoms with van der Waals surface area (Å²) in [5.41, 5.74) is 0.489. The molecule has 0 fully saturated rings. The van der Waals surface area contributed by atoms with Gasteiger partial charge in [-0.3, -0.25) is 4.90 Å². The number of hydrogen-bond donors (Lipinski definition) is 1. The molecule has 1 aromatic carbocycles. The maximum atomic E-state index is 12.2. The monoisotopic (exact) mass is 394 g/mol. The molecule has 0 saturated heterocycles. The van der Waals surface area contributed by atoms with Gasteiger partial charge in [-0.05, 0) is 41.1 Å². The fraction of sp³-hybridized carbons (Fsp3) is 0.182. The first-order valence-corrected chi connectivity index (χ1v) is 7.90. The van der Waals surface area contributed by atoms with Crippen molar-refractivity contribution in [3.63, 3.8) is 0 Å². The predicted molar refractivity (Wildman–Crippen MR) is 86.1 cm³/mol. The third-order valence-electron chi connectivity index (χ3n) is 2.35. The van der Waals surface area contributed by atoms with Crippen LogP contribution in [0.5, 0.6) is 0 Å². The lowest BCUT2D eigenvalue weighted by Gasteiger charge is -2.18. The molecule has 0 aliphatic heterocycles. The number of urea groups is 1. The van der Waals surface area contributed by atoms with Crippen molar-refractivity contribution in [1.82, 2.24) is 10.2 Å². The number of halogens is 3. The summed E-state index contributed by atoms with van der Waals surface area (Å²) in [4.78, 5) is 13.7. The molecule has 0 spiro atoms. The highest BCUT2D eigenvalue weighted by Crippen LogP contribution is 2.27. The lowest BCUT2D eigenvalue weighted by atomic mass is 10.3. The van der Waals surface area contributed by atoms with Gasteiger partial charge in [-0.2, -0.15) is 0 Å². The second-order valence-electron chi connectivity index (χ2n) is 3.64. The smallest absolute Gasteiger partial charge is 0.306 e. The van der Waals surface area contributed by atoms with Crippen LogP contribution in [0, 0.1) is 0 Å². The van der Waals surface area contributed by atoms with Crippen LogP contribution in [0.3, 0.4) is 0 Å². The van der Waals surface area contributed by atoms with E-state index in [0.29, 0.717) is 31.3 Å². The average Bonchev–Trinajstić information content (AvgIpc) is 2.80. The van der Waals surface area contributed by atoms with Gasteiger partial charge in [0, 0.05) is 11.6 Å². The molecule has 2 amide bonds. The van der Waals surface area contributed by atoms with Gasteiger partial charge in [-0.1, -0.05) is 34.5 Å². The molecule has 9 heteroatoms. The molecule has 0 aliphatic carbocycles. The van der Waals surface area contributed by atoms with E-state index in [2.05, 4.69) is 31.4 Å². The van der Waals surface area contributed by atoms with Gasteiger partial charge in [0.1, 0.15) is 0 Å². The number of hydrogen-bond acceptors (Lipinski definition) is 4. The first-order chi connectivity index (χ1) is 9.51. The van der Waals surface area contributed by atoms with Gasteiger partial charge in [-0.25, -0.2) is 4.79 Å². The summed E-state index contributed by atoms with van der Waals surface area (Å²) in [5.74, 6) is 0. The molecule has 1 heterocycles. The van der Waals surface area contributed by atoms with Crippen LogP contribution in [0.4, 0.5) is 15.6 Å². The normalized spacial score (nSPS) is 10.4. The van der Waals surface area contributed by atoms with E-state index in [1.807, 2.05) is 6.92 Å². The Morgan fingerprint density at radius 1 is 1.45 bits per heavy atom. The van der Waals surface area contributed by atoms with E-state index < -0.39 is 0 Å². The van der Waals surface area contributed by atoms with Crippen LogP contribution in [0.1, 0.15) is 6.92 Å². The molecule has 0 unspecified atom stereocenters.